The van der Waals surface area contributed by atoms with Gasteiger partial charge >= 0.3 is 0 Å². The van der Waals surface area contributed by atoms with Crippen LogP contribution in [0.2, 0.25) is 0 Å². The molecule has 0 amide bonds. The summed E-state index contributed by atoms with van der Waals surface area (Å²) in [6.07, 6.45) is 21.5. The maximum atomic E-state index is 9.94. The van der Waals surface area contributed by atoms with Crippen molar-refractivity contribution in [1.29, 1.82) is 0 Å². The molecule has 0 spiro atoms. The third-order valence-electron chi connectivity index (χ3n) is 5.13. The molecular weight excluding hydrogens is 322 g/mol. The highest BCUT2D eigenvalue weighted by Crippen LogP contribution is 2.12. The fraction of sp³-hybridized carbons (Fsp3) is 1.00. The highest BCUT2D eigenvalue weighted by molar-refractivity contribution is 4.60. The van der Waals surface area contributed by atoms with Crippen LogP contribution in [0.4, 0.5) is 0 Å². The van der Waals surface area contributed by atoms with Crippen LogP contribution in [-0.2, 0) is 0 Å². The SMILES string of the molecule is CCCCCCCCCCN(CCCCCCCCCC)C(C)O.NN. The standard InChI is InChI=1S/C22H47NO.H4N2/c1-4-6-8-10-12-14-16-18-20-23(22(3)24)21-19-17-15-13-11-9-7-5-2;1-2/h22,24H,4-21H2,1-3H3;1-2H2. The van der Waals surface area contributed by atoms with Crippen molar-refractivity contribution >= 4 is 0 Å². The first-order valence-corrected chi connectivity index (χ1v) is 11.5. The van der Waals surface area contributed by atoms with E-state index < -0.39 is 0 Å². The molecule has 0 aliphatic rings. The van der Waals surface area contributed by atoms with Crippen LogP contribution >= 0.6 is 0 Å². The van der Waals surface area contributed by atoms with Gasteiger partial charge in [0.25, 0.3) is 0 Å². The van der Waals surface area contributed by atoms with E-state index in [-0.39, 0.29) is 6.23 Å². The highest BCUT2D eigenvalue weighted by Gasteiger charge is 2.09. The predicted octanol–water partition coefficient (Wildman–Crippen LogP) is 5.73. The molecule has 26 heavy (non-hydrogen) atoms. The van der Waals surface area contributed by atoms with Gasteiger partial charge in [-0.25, -0.2) is 0 Å². The fourth-order valence-electron chi connectivity index (χ4n) is 3.38. The molecule has 0 aromatic carbocycles. The van der Waals surface area contributed by atoms with E-state index >= 15 is 0 Å². The topological polar surface area (TPSA) is 75.5 Å². The van der Waals surface area contributed by atoms with Gasteiger partial charge in [-0.3, -0.25) is 16.6 Å². The van der Waals surface area contributed by atoms with Gasteiger partial charge in [-0.1, -0.05) is 104 Å². The van der Waals surface area contributed by atoms with Crippen LogP contribution in [0.25, 0.3) is 0 Å². The lowest BCUT2D eigenvalue weighted by Crippen LogP contribution is -2.34. The van der Waals surface area contributed by atoms with Gasteiger partial charge in [0.15, 0.2) is 0 Å². The second kappa shape index (κ2) is 24.8. The van der Waals surface area contributed by atoms with Crippen LogP contribution in [0.1, 0.15) is 124 Å². The van der Waals surface area contributed by atoms with Crippen molar-refractivity contribution in [3.8, 4) is 0 Å². The van der Waals surface area contributed by atoms with E-state index in [2.05, 4.69) is 30.4 Å². The second-order valence-corrected chi connectivity index (χ2v) is 7.62. The Balaban J connectivity index is 0. The quantitative estimate of drug-likeness (QED) is 0.117. The fourth-order valence-corrected chi connectivity index (χ4v) is 3.38. The molecular formula is C22H51N3O. The van der Waals surface area contributed by atoms with Crippen molar-refractivity contribution in [3.63, 3.8) is 0 Å². The van der Waals surface area contributed by atoms with E-state index in [0.29, 0.717) is 0 Å². The average Bonchev–Trinajstić information content (AvgIpc) is 2.65. The van der Waals surface area contributed by atoms with Crippen molar-refractivity contribution < 1.29 is 5.11 Å². The predicted molar refractivity (Wildman–Crippen MR) is 117 cm³/mol. The molecule has 0 aliphatic carbocycles. The number of rotatable bonds is 19. The third-order valence-corrected chi connectivity index (χ3v) is 5.13. The number of nitrogens with zero attached hydrogens (tertiary/aromatic N) is 1. The van der Waals surface area contributed by atoms with Gasteiger partial charge in [0.05, 0.1) is 0 Å². The van der Waals surface area contributed by atoms with Crippen molar-refractivity contribution in [3.05, 3.63) is 0 Å². The van der Waals surface area contributed by atoms with Crippen molar-refractivity contribution in [1.82, 2.24) is 4.90 Å². The molecule has 0 radical (unpaired) electrons. The third kappa shape index (κ3) is 21.9. The zero-order valence-corrected chi connectivity index (χ0v) is 18.4. The molecule has 4 nitrogen and oxygen atoms in total. The summed E-state index contributed by atoms with van der Waals surface area (Å²) in [6.45, 7) is 8.62. The molecule has 0 aromatic heterocycles. The smallest absolute Gasteiger partial charge is 0.104 e. The molecule has 0 saturated heterocycles. The first kappa shape index (κ1) is 28.1. The highest BCUT2D eigenvalue weighted by atomic mass is 16.3. The maximum Gasteiger partial charge on any atom is 0.104 e. The van der Waals surface area contributed by atoms with Gasteiger partial charge in [0, 0.05) is 13.1 Å². The van der Waals surface area contributed by atoms with Crippen LogP contribution in [0, 0.1) is 0 Å². The summed E-state index contributed by atoms with van der Waals surface area (Å²) in [4.78, 5) is 2.27. The van der Waals surface area contributed by atoms with E-state index in [0.717, 1.165) is 13.1 Å². The Kier molecular flexibility index (Phi) is 26.8. The molecule has 1 atom stereocenters. The van der Waals surface area contributed by atoms with E-state index in [1.54, 1.807) is 0 Å². The molecule has 0 bridgehead atoms. The zero-order chi connectivity index (χ0) is 19.9. The minimum absolute atomic E-state index is 0.279. The normalized spacial score (nSPS) is 12.1. The summed E-state index contributed by atoms with van der Waals surface area (Å²) in [5, 5.41) is 9.94. The number of hydrogen-bond acceptors (Lipinski definition) is 4. The molecule has 0 fully saturated rings. The largest absolute Gasteiger partial charge is 0.379 e. The van der Waals surface area contributed by atoms with Crippen LogP contribution < -0.4 is 11.7 Å². The van der Waals surface area contributed by atoms with E-state index in [9.17, 15) is 5.11 Å². The molecule has 0 saturated carbocycles. The maximum absolute atomic E-state index is 9.94. The molecule has 160 valence electrons. The van der Waals surface area contributed by atoms with Crippen molar-refractivity contribution in [2.75, 3.05) is 13.1 Å². The number of hydrazine groups is 1. The second-order valence-electron chi connectivity index (χ2n) is 7.62. The Hall–Kier alpha value is -0.160. The summed E-state index contributed by atoms with van der Waals surface area (Å²) < 4.78 is 0. The molecule has 0 heterocycles. The van der Waals surface area contributed by atoms with Crippen molar-refractivity contribution in [2.24, 2.45) is 11.7 Å². The average molecular weight is 374 g/mol. The monoisotopic (exact) mass is 373 g/mol. The summed E-state index contributed by atoms with van der Waals surface area (Å²) in [5.74, 6) is 8.00. The van der Waals surface area contributed by atoms with Gasteiger partial charge < -0.3 is 5.11 Å². The Morgan fingerprint density at radius 1 is 0.577 bits per heavy atom. The molecule has 4 heteroatoms. The number of aliphatic hydroxyl groups is 1. The van der Waals surface area contributed by atoms with Gasteiger partial charge in [-0.05, 0) is 19.8 Å². The Morgan fingerprint density at radius 2 is 0.846 bits per heavy atom. The Bertz CT molecular complexity index is 217. The molecule has 0 aliphatic heterocycles. The van der Waals surface area contributed by atoms with Crippen LogP contribution in [0.15, 0.2) is 0 Å². The lowest BCUT2D eigenvalue weighted by atomic mass is 10.1. The van der Waals surface area contributed by atoms with Gasteiger partial charge in [0.1, 0.15) is 6.23 Å². The lowest BCUT2D eigenvalue weighted by Gasteiger charge is -2.25. The Labute approximate surface area is 165 Å². The molecule has 1 unspecified atom stereocenters. The van der Waals surface area contributed by atoms with E-state index in [4.69, 9.17) is 0 Å². The van der Waals surface area contributed by atoms with Crippen LogP contribution in [0.5, 0.6) is 0 Å². The molecule has 0 rings (SSSR count). The first-order valence-electron chi connectivity index (χ1n) is 11.5. The van der Waals surface area contributed by atoms with E-state index in [1.807, 2.05) is 6.92 Å². The van der Waals surface area contributed by atoms with Gasteiger partial charge in [-0.2, -0.15) is 0 Å². The van der Waals surface area contributed by atoms with E-state index in [1.165, 1.54) is 103 Å². The minimum atomic E-state index is -0.279. The van der Waals surface area contributed by atoms with Crippen LogP contribution in [0.3, 0.4) is 0 Å². The number of unbranched alkanes of at least 4 members (excludes halogenated alkanes) is 14. The summed E-state index contributed by atoms with van der Waals surface area (Å²) in [7, 11) is 0. The Morgan fingerprint density at radius 3 is 1.12 bits per heavy atom. The number of hydrogen-bond donors (Lipinski definition) is 3. The summed E-state index contributed by atoms with van der Waals surface area (Å²) in [6, 6.07) is 0. The summed E-state index contributed by atoms with van der Waals surface area (Å²) >= 11 is 0. The zero-order valence-electron chi connectivity index (χ0n) is 18.4. The molecule has 0 aromatic rings. The minimum Gasteiger partial charge on any atom is -0.379 e. The van der Waals surface area contributed by atoms with Gasteiger partial charge in [-0.15, -0.1) is 0 Å². The first-order chi connectivity index (χ1) is 12.7. The summed E-state index contributed by atoms with van der Waals surface area (Å²) in [5.41, 5.74) is 0. The van der Waals surface area contributed by atoms with Crippen LogP contribution in [-0.4, -0.2) is 29.3 Å². The van der Waals surface area contributed by atoms with Crippen molar-refractivity contribution in [2.45, 2.75) is 130 Å². The number of nitrogens with two attached hydrogens (primary N) is 2. The lowest BCUT2D eigenvalue weighted by molar-refractivity contribution is 0.0163. The number of aliphatic hydroxyl groups excluding tert-OH is 1. The van der Waals surface area contributed by atoms with Gasteiger partial charge in [0.2, 0.25) is 0 Å². The molecule has 5 N–H and O–H groups in total.